The Kier molecular flexibility index (Phi) is 7.32. The van der Waals surface area contributed by atoms with Gasteiger partial charge in [-0.3, -0.25) is 9.59 Å². The highest BCUT2D eigenvalue weighted by Crippen LogP contribution is 2.32. The summed E-state index contributed by atoms with van der Waals surface area (Å²) in [6.07, 6.45) is 0.858. The van der Waals surface area contributed by atoms with E-state index in [1.807, 2.05) is 24.3 Å². The quantitative estimate of drug-likeness (QED) is 0.777. The van der Waals surface area contributed by atoms with Gasteiger partial charge in [-0.2, -0.15) is 0 Å². The van der Waals surface area contributed by atoms with E-state index in [0.717, 1.165) is 16.8 Å². The van der Waals surface area contributed by atoms with Crippen LogP contribution in [-0.2, 0) is 21.4 Å². The van der Waals surface area contributed by atoms with Crippen molar-refractivity contribution in [3.05, 3.63) is 65.5 Å². The van der Waals surface area contributed by atoms with Crippen molar-refractivity contribution >= 4 is 17.5 Å². The number of hydrogen-bond acceptors (Lipinski definition) is 2. The number of nitrogens with one attached hydrogen (secondary N) is 1. The molecule has 0 saturated heterocycles. The van der Waals surface area contributed by atoms with Crippen LogP contribution in [-0.4, -0.2) is 24.9 Å². The van der Waals surface area contributed by atoms with Crippen LogP contribution in [0.4, 0.5) is 10.1 Å². The summed E-state index contributed by atoms with van der Waals surface area (Å²) in [4.78, 5) is 26.1. The topological polar surface area (TPSA) is 49.4 Å². The summed E-state index contributed by atoms with van der Waals surface area (Å²) in [5, 5.41) is 2.87. The molecule has 4 nitrogen and oxygen atoms in total. The lowest BCUT2D eigenvalue weighted by molar-refractivity contribution is -0.121. The normalized spacial score (nSPS) is 11.2. The van der Waals surface area contributed by atoms with Crippen LogP contribution in [0.3, 0.4) is 0 Å². The Morgan fingerprint density at radius 2 is 1.68 bits per heavy atom. The molecule has 0 fully saturated rings. The van der Waals surface area contributed by atoms with Crippen molar-refractivity contribution in [2.45, 2.75) is 46.0 Å². The van der Waals surface area contributed by atoms with Gasteiger partial charge in [0.1, 0.15) is 5.82 Å². The van der Waals surface area contributed by atoms with E-state index in [4.69, 9.17) is 0 Å². The van der Waals surface area contributed by atoms with E-state index in [1.54, 1.807) is 17.0 Å². The zero-order valence-electron chi connectivity index (χ0n) is 17.1. The van der Waals surface area contributed by atoms with Gasteiger partial charge in [-0.05, 0) is 41.2 Å². The third-order valence-electron chi connectivity index (χ3n) is 4.59. The molecule has 1 N–H and O–H groups in total. The van der Waals surface area contributed by atoms with Crippen molar-refractivity contribution in [1.82, 2.24) is 5.32 Å². The Morgan fingerprint density at radius 3 is 2.29 bits per heavy atom. The molecule has 2 amide bonds. The first kappa shape index (κ1) is 21.6. The molecule has 0 heterocycles. The molecule has 0 aromatic heterocycles. The number of hydrogen-bond donors (Lipinski definition) is 1. The Morgan fingerprint density at radius 1 is 1.04 bits per heavy atom. The highest BCUT2D eigenvalue weighted by atomic mass is 19.1. The van der Waals surface area contributed by atoms with Gasteiger partial charge < -0.3 is 10.2 Å². The van der Waals surface area contributed by atoms with Crippen molar-refractivity contribution in [2.24, 2.45) is 0 Å². The lowest BCUT2D eigenvalue weighted by Gasteiger charge is -2.29. The van der Waals surface area contributed by atoms with Gasteiger partial charge in [-0.15, -0.1) is 0 Å². The predicted octanol–water partition coefficient (Wildman–Crippen LogP) is 4.23. The van der Waals surface area contributed by atoms with Crippen LogP contribution < -0.4 is 10.2 Å². The summed E-state index contributed by atoms with van der Waals surface area (Å²) in [7, 11) is 0. The van der Waals surface area contributed by atoms with Gasteiger partial charge in [0.05, 0.1) is 0 Å². The van der Waals surface area contributed by atoms with E-state index in [-0.39, 0.29) is 29.5 Å². The van der Waals surface area contributed by atoms with Crippen LogP contribution in [0.1, 0.15) is 45.2 Å². The molecule has 0 aliphatic carbocycles. The van der Waals surface area contributed by atoms with Crippen LogP contribution in [0.25, 0.3) is 0 Å². The molecule has 2 rings (SSSR count). The second-order valence-corrected chi connectivity index (χ2v) is 7.91. The molecule has 0 aliphatic heterocycles. The number of carbonyl (C=O) groups excluding carboxylic acids is 2. The molecule has 0 unspecified atom stereocenters. The number of benzene rings is 2. The van der Waals surface area contributed by atoms with Gasteiger partial charge in [0.2, 0.25) is 11.8 Å². The second-order valence-electron chi connectivity index (χ2n) is 7.91. The van der Waals surface area contributed by atoms with Crippen molar-refractivity contribution < 1.29 is 14.0 Å². The van der Waals surface area contributed by atoms with E-state index in [0.29, 0.717) is 19.5 Å². The fourth-order valence-corrected chi connectivity index (χ4v) is 3.09. The number of nitrogens with zero attached hydrogens (tertiary/aromatic N) is 1. The summed E-state index contributed by atoms with van der Waals surface area (Å²) in [6, 6.07) is 14.1. The predicted molar refractivity (Wildman–Crippen MR) is 111 cm³/mol. The Bertz CT molecular complexity index is 810. The van der Waals surface area contributed by atoms with E-state index in [2.05, 4.69) is 26.1 Å². The number of anilines is 1. The van der Waals surface area contributed by atoms with Gasteiger partial charge in [-0.25, -0.2) is 4.39 Å². The zero-order chi connectivity index (χ0) is 20.7. The fourth-order valence-electron chi connectivity index (χ4n) is 3.09. The average Bonchev–Trinajstić information content (AvgIpc) is 2.63. The SMILES string of the molecule is CC(=O)N(CCC(=O)NCCc1ccc(F)cc1)c1ccccc1C(C)(C)C. The number of carbonyl (C=O) groups is 2. The third kappa shape index (κ3) is 6.19. The van der Waals surface area contributed by atoms with Crippen LogP contribution in [0.15, 0.2) is 48.5 Å². The van der Waals surface area contributed by atoms with Crippen LogP contribution in [0.5, 0.6) is 0 Å². The molecule has 0 saturated carbocycles. The monoisotopic (exact) mass is 384 g/mol. The molecule has 0 aliphatic rings. The van der Waals surface area contributed by atoms with Gasteiger partial charge in [0, 0.05) is 32.1 Å². The van der Waals surface area contributed by atoms with Crippen molar-refractivity contribution in [3.63, 3.8) is 0 Å². The van der Waals surface area contributed by atoms with E-state index in [1.165, 1.54) is 19.1 Å². The maximum absolute atomic E-state index is 12.9. The Labute approximate surface area is 166 Å². The fraction of sp³-hybridized carbons (Fsp3) is 0.391. The van der Waals surface area contributed by atoms with Gasteiger partial charge >= 0.3 is 0 Å². The van der Waals surface area contributed by atoms with Gasteiger partial charge in [-0.1, -0.05) is 51.1 Å². The zero-order valence-corrected chi connectivity index (χ0v) is 17.1. The smallest absolute Gasteiger partial charge is 0.223 e. The summed E-state index contributed by atoms with van der Waals surface area (Å²) in [6.45, 7) is 8.63. The van der Waals surface area contributed by atoms with Crippen LogP contribution in [0, 0.1) is 5.82 Å². The Hall–Kier alpha value is -2.69. The van der Waals surface area contributed by atoms with E-state index >= 15 is 0 Å². The number of rotatable bonds is 7. The molecular formula is C23H29FN2O2. The summed E-state index contributed by atoms with van der Waals surface area (Å²) in [5.41, 5.74) is 2.77. The third-order valence-corrected chi connectivity index (χ3v) is 4.59. The number of para-hydroxylation sites is 1. The highest BCUT2D eigenvalue weighted by molar-refractivity contribution is 5.93. The first-order valence-corrected chi connectivity index (χ1v) is 9.57. The molecule has 0 bridgehead atoms. The number of amides is 2. The van der Waals surface area contributed by atoms with E-state index in [9.17, 15) is 14.0 Å². The molecule has 28 heavy (non-hydrogen) atoms. The summed E-state index contributed by atoms with van der Waals surface area (Å²) in [5.74, 6) is -0.468. The van der Waals surface area contributed by atoms with Crippen molar-refractivity contribution in [2.75, 3.05) is 18.0 Å². The highest BCUT2D eigenvalue weighted by Gasteiger charge is 2.23. The average molecular weight is 384 g/mol. The second kappa shape index (κ2) is 9.49. The minimum atomic E-state index is -0.271. The lowest BCUT2D eigenvalue weighted by atomic mass is 9.85. The standard InChI is InChI=1S/C23H29FN2O2/c1-17(27)26(21-8-6-5-7-20(21)23(2,3)4)16-14-22(28)25-15-13-18-9-11-19(24)12-10-18/h5-12H,13-16H2,1-4H3,(H,25,28). The maximum Gasteiger partial charge on any atom is 0.223 e. The van der Waals surface area contributed by atoms with Gasteiger partial charge in [0.15, 0.2) is 0 Å². The molecule has 2 aromatic rings. The first-order valence-electron chi connectivity index (χ1n) is 9.57. The van der Waals surface area contributed by atoms with Gasteiger partial charge in [0.25, 0.3) is 0 Å². The van der Waals surface area contributed by atoms with Crippen LogP contribution >= 0.6 is 0 Å². The molecule has 5 heteroatoms. The van der Waals surface area contributed by atoms with E-state index < -0.39 is 0 Å². The van der Waals surface area contributed by atoms with Crippen molar-refractivity contribution in [3.8, 4) is 0 Å². The lowest BCUT2D eigenvalue weighted by Crippen LogP contribution is -2.35. The largest absolute Gasteiger partial charge is 0.356 e. The molecule has 0 radical (unpaired) electrons. The molecule has 150 valence electrons. The molecule has 0 spiro atoms. The minimum Gasteiger partial charge on any atom is -0.356 e. The first-order chi connectivity index (χ1) is 13.2. The molecular weight excluding hydrogens is 355 g/mol. The maximum atomic E-state index is 12.9. The van der Waals surface area contributed by atoms with Crippen LogP contribution in [0.2, 0.25) is 0 Å². The molecule has 2 aromatic carbocycles. The number of halogens is 1. The van der Waals surface area contributed by atoms with Crippen molar-refractivity contribution in [1.29, 1.82) is 0 Å². The summed E-state index contributed by atoms with van der Waals surface area (Å²) < 4.78 is 12.9. The summed E-state index contributed by atoms with van der Waals surface area (Å²) >= 11 is 0. The Balaban J connectivity index is 1.94. The minimum absolute atomic E-state index is 0.0872. The molecule has 0 atom stereocenters.